The van der Waals surface area contributed by atoms with Gasteiger partial charge in [0.2, 0.25) is 0 Å². The normalized spacial score (nSPS) is 20.3. The van der Waals surface area contributed by atoms with Gasteiger partial charge in [-0.05, 0) is 32.4 Å². The smallest absolute Gasteiger partial charge is 0.260 e. The second-order valence-electron chi connectivity index (χ2n) is 4.96. The molecule has 1 amide bonds. The van der Waals surface area contributed by atoms with Gasteiger partial charge < -0.3 is 10.3 Å². The van der Waals surface area contributed by atoms with Gasteiger partial charge >= 0.3 is 0 Å². The number of carbonyl (C=O) groups excluding carboxylic acids is 1. The number of H-pyrrole nitrogens is 1. The van der Waals surface area contributed by atoms with Crippen LogP contribution in [0.2, 0.25) is 0 Å². The summed E-state index contributed by atoms with van der Waals surface area (Å²) < 4.78 is 0. The molecule has 1 aromatic rings. The number of rotatable bonds is 3. The van der Waals surface area contributed by atoms with E-state index >= 15 is 0 Å². The van der Waals surface area contributed by atoms with Crippen LogP contribution in [0.5, 0.6) is 0 Å². The van der Waals surface area contributed by atoms with E-state index in [2.05, 4.69) is 29.0 Å². The van der Waals surface area contributed by atoms with Crippen LogP contribution in [0.25, 0.3) is 0 Å². The van der Waals surface area contributed by atoms with E-state index in [4.69, 9.17) is 0 Å². The van der Waals surface area contributed by atoms with Gasteiger partial charge in [-0.15, -0.1) is 0 Å². The lowest BCUT2D eigenvalue weighted by atomic mass is 10.2. The number of carbonyl (C=O) groups is 1. The van der Waals surface area contributed by atoms with Gasteiger partial charge in [-0.1, -0.05) is 0 Å². The minimum Gasteiger partial charge on any atom is -0.348 e. The Balaban J connectivity index is 1.97. The first-order valence-corrected chi connectivity index (χ1v) is 6.30. The van der Waals surface area contributed by atoms with Crippen LogP contribution < -0.4 is 10.9 Å². The van der Waals surface area contributed by atoms with Crippen molar-refractivity contribution in [3.05, 3.63) is 34.2 Å². The van der Waals surface area contributed by atoms with Crippen molar-refractivity contribution in [2.24, 2.45) is 0 Å². The topological polar surface area (TPSA) is 65.2 Å². The Morgan fingerprint density at radius 1 is 1.56 bits per heavy atom. The highest BCUT2D eigenvalue weighted by Gasteiger charge is 2.26. The zero-order valence-corrected chi connectivity index (χ0v) is 10.8. The number of likely N-dealkylation sites (tertiary alicyclic amines) is 1. The molecule has 1 fully saturated rings. The predicted octanol–water partition coefficient (Wildman–Crippen LogP) is 0.587. The van der Waals surface area contributed by atoms with Gasteiger partial charge in [0.15, 0.2) is 0 Å². The van der Waals surface area contributed by atoms with Gasteiger partial charge in [-0.2, -0.15) is 0 Å². The predicted molar refractivity (Wildman–Crippen MR) is 69.6 cm³/mol. The molecule has 0 radical (unpaired) electrons. The number of amides is 1. The third kappa shape index (κ3) is 2.79. The molecule has 1 aliphatic heterocycles. The zero-order valence-electron chi connectivity index (χ0n) is 10.8. The van der Waals surface area contributed by atoms with Gasteiger partial charge in [0.05, 0.1) is 0 Å². The van der Waals surface area contributed by atoms with Crippen molar-refractivity contribution in [3.8, 4) is 0 Å². The average molecular weight is 249 g/mol. The summed E-state index contributed by atoms with van der Waals surface area (Å²) in [5.74, 6) is -0.285. The van der Waals surface area contributed by atoms with E-state index in [9.17, 15) is 9.59 Å². The molecule has 1 saturated heterocycles. The van der Waals surface area contributed by atoms with E-state index in [-0.39, 0.29) is 23.1 Å². The molecule has 1 atom stereocenters. The Morgan fingerprint density at radius 3 is 2.94 bits per heavy atom. The molecule has 0 aromatic carbocycles. The van der Waals surface area contributed by atoms with Gasteiger partial charge in [0.1, 0.15) is 5.56 Å². The minimum absolute atomic E-state index is 0.138. The average Bonchev–Trinajstić information content (AvgIpc) is 2.78. The van der Waals surface area contributed by atoms with E-state index in [0.29, 0.717) is 6.04 Å². The Morgan fingerprint density at radius 2 is 2.33 bits per heavy atom. The van der Waals surface area contributed by atoms with Crippen LogP contribution in [0.15, 0.2) is 23.1 Å². The zero-order chi connectivity index (χ0) is 13.1. The number of aromatic nitrogens is 1. The van der Waals surface area contributed by atoms with Crippen molar-refractivity contribution in [2.45, 2.75) is 32.4 Å². The molecule has 18 heavy (non-hydrogen) atoms. The van der Waals surface area contributed by atoms with Crippen molar-refractivity contribution in [1.29, 1.82) is 0 Å². The molecule has 5 heteroatoms. The molecule has 0 bridgehead atoms. The molecular weight excluding hydrogens is 230 g/mol. The lowest BCUT2D eigenvalue weighted by Gasteiger charge is -2.20. The van der Waals surface area contributed by atoms with Crippen molar-refractivity contribution in [1.82, 2.24) is 15.2 Å². The molecule has 2 heterocycles. The monoisotopic (exact) mass is 249 g/mol. The maximum atomic E-state index is 11.9. The molecule has 0 aliphatic carbocycles. The highest BCUT2D eigenvalue weighted by molar-refractivity contribution is 5.93. The van der Waals surface area contributed by atoms with Crippen LogP contribution in [0.4, 0.5) is 0 Å². The van der Waals surface area contributed by atoms with E-state index < -0.39 is 0 Å². The maximum Gasteiger partial charge on any atom is 0.260 e. The Labute approximate surface area is 106 Å². The van der Waals surface area contributed by atoms with Crippen molar-refractivity contribution in [3.63, 3.8) is 0 Å². The Kier molecular flexibility index (Phi) is 3.81. The minimum atomic E-state index is -0.339. The summed E-state index contributed by atoms with van der Waals surface area (Å²) in [7, 11) is 0. The summed E-state index contributed by atoms with van der Waals surface area (Å²) in [6.45, 7) is 6.14. The first-order valence-electron chi connectivity index (χ1n) is 6.30. The fourth-order valence-electron chi connectivity index (χ4n) is 2.24. The molecule has 2 N–H and O–H groups in total. The van der Waals surface area contributed by atoms with E-state index in [0.717, 1.165) is 19.5 Å². The summed E-state index contributed by atoms with van der Waals surface area (Å²) >= 11 is 0. The number of aromatic amines is 1. The number of pyridine rings is 1. The van der Waals surface area contributed by atoms with Crippen molar-refractivity contribution < 1.29 is 4.79 Å². The maximum absolute atomic E-state index is 11.9. The lowest BCUT2D eigenvalue weighted by Crippen LogP contribution is -2.40. The van der Waals surface area contributed by atoms with Gasteiger partial charge in [-0.3, -0.25) is 14.5 Å². The summed E-state index contributed by atoms with van der Waals surface area (Å²) in [5.41, 5.74) is -0.158. The molecule has 0 saturated carbocycles. The van der Waals surface area contributed by atoms with Crippen LogP contribution >= 0.6 is 0 Å². The summed E-state index contributed by atoms with van der Waals surface area (Å²) in [6, 6.07) is 3.83. The number of hydrogen-bond donors (Lipinski definition) is 2. The Hall–Kier alpha value is -1.62. The molecule has 1 unspecified atom stereocenters. The lowest BCUT2D eigenvalue weighted by molar-refractivity contribution is 0.0935. The quantitative estimate of drug-likeness (QED) is 0.824. The fourth-order valence-corrected chi connectivity index (χ4v) is 2.24. The second-order valence-corrected chi connectivity index (χ2v) is 4.96. The molecular formula is C13H19N3O2. The molecule has 0 spiro atoms. The number of nitrogens with one attached hydrogen (secondary N) is 2. The third-order valence-electron chi connectivity index (χ3n) is 3.35. The van der Waals surface area contributed by atoms with Crippen LogP contribution in [-0.4, -0.2) is 41.0 Å². The van der Waals surface area contributed by atoms with Gasteiger partial charge in [0.25, 0.3) is 11.5 Å². The standard InChI is InChI=1S/C13H19N3O2/c1-9(2)16-7-5-10(8-16)15-13(18)11-4-3-6-14-12(11)17/h3-4,6,9-10H,5,7-8H2,1-2H3,(H,14,17)(H,15,18). The van der Waals surface area contributed by atoms with E-state index in [1.165, 1.54) is 6.20 Å². The molecule has 2 rings (SSSR count). The summed E-state index contributed by atoms with van der Waals surface area (Å²) in [5, 5.41) is 2.92. The summed E-state index contributed by atoms with van der Waals surface area (Å²) in [6.07, 6.45) is 2.46. The second kappa shape index (κ2) is 5.35. The molecule has 5 nitrogen and oxygen atoms in total. The fraction of sp³-hybridized carbons (Fsp3) is 0.538. The third-order valence-corrected chi connectivity index (χ3v) is 3.35. The van der Waals surface area contributed by atoms with Crippen LogP contribution in [0, 0.1) is 0 Å². The highest BCUT2D eigenvalue weighted by Crippen LogP contribution is 2.12. The molecule has 98 valence electrons. The van der Waals surface area contributed by atoms with E-state index in [1.54, 1.807) is 12.1 Å². The van der Waals surface area contributed by atoms with Crippen molar-refractivity contribution >= 4 is 5.91 Å². The molecule has 1 aliphatic rings. The first kappa shape index (κ1) is 12.8. The van der Waals surface area contributed by atoms with Crippen LogP contribution in [0.1, 0.15) is 30.6 Å². The largest absolute Gasteiger partial charge is 0.348 e. The highest BCUT2D eigenvalue weighted by atomic mass is 16.2. The van der Waals surface area contributed by atoms with Gasteiger partial charge in [-0.25, -0.2) is 0 Å². The van der Waals surface area contributed by atoms with Crippen LogP contribution in [-0.2, 0) is 0 Å². The van der Waals surface area contributed by atoms with Crippen LogP contribution in [0.3, 0.4) is 0 Å². The number of hydrogen-bond acceptors (Lipinski definition) is 3. The SMILES string of the molecule is CC(C)N1CCC(NC(=O)c2ccc[nH]c2=O)C1. The van der Waals surface area contributed by atoms with E-state index in [1.807, 2.05) is 0 Å². The summed E-state index contributed by atoms with van der Waals surface area (Å²) in [4.78, 5) is 28.3. The van der Waals surface area contributed by atoms with Gasteiger partial charge in [0, 0.05) is 31.4 Å². The number of nitrogens with zero attached hydrogens (tertiary/aromatic N) is 1. The Bertz CT molecular complexity index is 481. The first-order chi connectivity index (χ1) is 8.58. The molecule has 1 aromatic heterocycles. The van der Waals surface area contributed by atoms with Crippen molar-refractivity contribution in [2.75, 3.05) is 13.1 Å².